The van der Waals surface area contributed by atoms with Crippen LogP contribution in [0, 0.1) is 5.82 Å². The highest BCUT2D eigenvalue weighted by Gasteiger charge is 2.09. The zero-order valence-electron chi connectivity index (χ0n) is 12.2. The molecule has 0 atom stereocenters. The van der Waals surface area contributed by atoms with Crippen LogP contribution in [-0.2, 0) is 0 Å². The van der Waals surface area contributed by atoms with Crippen LogP contribution in [0.15, 0.2) is 39.7 Å². The summed E-state index contributed by atoms with van der Waals surface area (Å²) in [5.74, 6) is -0.494. The van der Waals surface area contributed by atoms with Crippen molar-refractivity contribution in [2.45, 2.75) is 19.9 Å². The van der Waals surface area contributed by atoms with E-state index >= 15 is 0 Å². The van der Waals surface area contributed by atoms with E-state index in [1.807, 2.05) is 24.6 Å². The van der Waals surface area contributed by atoms with Gasteiger partial charge in [-0.25, -0.2) is 14.2 Å². The number of aromatic nitrogens is 3. The van der Waals surface area contributed by atoms with Gasteiger partial charge < -0.3 is 4.42 Å². The molecular formula is C16H14FN3O2. The average molecular weight is 299 g/mol. The number of rotatable bonds is 3. The lowest BCUT2D eigenvalue weighted by molar-refractivity contribution is 0.488. The molecule has 0 aliphatic rings. The minimum atomic E-state index is -0.610. The van der Waals surface area contributed by atoms with E-state index in [-0.39, 0.29) is 22.8 Å². The molecule has 0 amide bonds. The van der Waals surface area contributed by atoms with Crippen molar-refractivity contribution in [3.05, 3.63) is 58.3 Å². The van der Waals surface area contributed by atoms with Crippen molar-refractivity contribution >= 4 is 23.1 Å². The second-order valence-corrected chi connectivity index (χ2v) is 5.10. The topological polar surface area (TPSA) is 60.9 Å². The van der Waals surface area contributed by atoms with Gasteiger partial charge >= 0.3 is 5.63 Å². The van der Waals surface area contributed by atoms with Gasteiger partial charge in [-0.3, -0.25) is 4.68 Å². The summed E-state index contributed by atoms with van der Waals surface area (Å²) in [5, 5.41) is 4.33. The van der Waals surface area contributed by atoms with E-state index in [0.29, 0.717) is 0 Å². The summed E-state index contributed by atoms with van der Waals surface area (Å²) in [4.78, 5) is 15.9. The first-order valence-electron chi connectivity index (χ1n) is 6.87. The van der Waals surface area contributed by atoms with E-state index in [0.717, 1.165) is 5.69 Å². The summed E-state index contributed by atoms with van der Waals surface area (Å²) in [7, 11) is 0. The van der Waals surface area contributed by atoms with Gasteiger partial charge in [-0.2, -0.15) is 5.10 Å². The first-order valence-corrected chi connectivity index (χ1v) is 6.87. The molecule has 0 fully saturated rings. The fraction of sp³-hybridized carbons (Fsp3) is 0.188. The van der Waals surface area contributed by atoms with E-state index in [1.54, 1.807) is 12.3 Å². The molecule has 6 heteroatoms. The molecule has 0 unspecified atom stereocenters. The summed E-state index contributed by atoms with van der Waals surface area (Å²) in [6, 6.07) is 6.22. The molecule has 3 aromatic rings. The summed E-state index contributed by atoms with van der Waals surface area (Å²) < 4.78 is 20.7. The van der Waals surface area contributed by atoms with Gasteiger partial charge in [-0.15, -0.1) is 0 Å². The predicted octanol–water partition coefficient (Wildman–Crippen LogP) is 3.27. The fourth-order valence-corrected chi connectivity index (χ4v) is 2.19. The molecule has 3 rings (SSSR count). The third-order valence-electron chi connectivity index (χ3n) is 3.21. The molecule has 1 aromatic carbocycles. The maximum atomic E-state index is 13.7. The Morgan fingerprint density at radius 2 is 2.09 bits per heavy atom. The molecule has 0 N–H and O–H groups in total. The fourth-order valence-electron chi connectivity index (χ4n) is 2.19. The Balaban J connectivity index is 2.04. The molecule has 0 radical (unpaired) electrons. The van der Waals surface area contributed by atoms with Crippen molar-refractivity contribution in [1.82, 2.24) is 14.8 Å². The molecule has 0 saturated carbocycles. The van der Waals surface area contributed by atoms with Gasteiger partial charge in [0.1, 0.15) is 11.3 Å². The minimum absolute atomic E-state index is 0.00997. The van der Waals surface area contributed by atoms with Gasteiger partial charge in [0.25, 0.3) is 0 Å². The van der Waals surface area contributed by atoms with Crippen molar-refractivity contribution < 1.29 is 8.81 Å². The van der Waals surface area contributed by atoms with Crippen LogP contribution in [-0.4, -0.2) is 14.8 Å². The molecule has 2 aromatic heterocycles. The zero-order chi connectivity index (χ0) is 15.7. The van der Waals surface area contributed by atoms with Crippen molar-refractivity contribution in [3.63, 3.8) is 0 Å². The summed E-state index contributed by atoms with van der Waals surface area (Å²) in [5.41, 5.74) is 0.241. The van der Waals surface area contributed by atoms with E-state index in [2.05, 4.69) is 10.1 Å². The molecule has 112 valence electrons. The van der Waals surface area contributed by atoms with Crippen molar-refractivity contribution in [2.75, 3.05) is 0 Å². The molecule has 0 aliphatic carbocycles. The van der Waals surface area contributed by atoms with Crippen LogP contribution in [0.1, 0.15) is 31.5 Å². The SMILES string of the molecule is CC(C)n1nccc1/C=C/c1nc2c(F)cccc2c(=O)o1. The summed E-state index contributed by atoms with van der Waals surface area (Å²) >= 11 is 0. The molecule has 22 heavy (non-hydrogen) atoms. The predicted molar refractivity (Wildman–Crippen MR) is 81.8 cm³/mol. The summed E-state index contributed by atoms with van der Waals surface area (Å²) in [6.07, 6.45) is 4.94. The van der Waals surface area contributed by atoms with Gasteiger partial charge in [-0.05, 0) is 38.1 Å². The lowest BCUT2D eigenvalue weighted by Gasteiger charge is -2.07. The molecule has 0 saturated heterocycles. The smallest absolute Gasteiger partial charge is 0.347 e. The average Bonchev–Trinajstić information content (AvgIpc) is 2.95. The van der Waals surface area contributed by atoms with E-state index in [9.17, 15) is 9.18 Å². The van der Waals surface area contributed by atoms with Crippen molar-refractivity contribution in [1.29, 1.82) is 0 Å². The third-order valence-corrected chi connectivity index (χ3v) is 3.21. The second kappa shape index (κ2) is 5.55. The summed E-state index contributed by atoms with van der Waals surface area (Å²) in [6.45, 7) is 4.02. The van der Waals surface area contributed by atoms with Gasteiger partial charge in [0.2, 0.25) is 5.89 Å². The Morgan fingerprint density at radius 3 is 2.86 bits per heavy atom. The van der Waals surface area contributed by atoms with Crippen LogP contribution >= 0.6 is 0 Å². The largest absolute Gasteiger partial charge is 0.404 e. The normalized spacial score (nSPS) is 11.8. The highest BCUT2D eigenvalue weighted by Crippen LogP contribution is 2.15. The number of hydrogen-bond acceptors (Lipinski definition) is 4. The quantitative estimate of drug-likeness (QED) is 0.744. The molecule has 2 heterocycles. The molecule has 0 aliphatic heterocycles. The lowest BCUT2D eigenvalue weighted by Crippen LogP contribution is -2.05. The maximum absolute atomic E-state index is 13.7. The van der Waals surface area contributed by atoms with Crippen molar-refractivity contribution in [3.8, 4) is 0 Å². The molecule has 0 bridgehead atoms. The highest BCUT2D eigenvalue weighted by molar-refractivity contribution is 5.78. The van der Waals surface area contributed by atoms with Gasteiger partial charge in [0.05, 0.1) is 11.1 Å². The van der Waals surface area contributed by atoms with Crippen LogP contribution in [0.3, 0.4) is 0 Å². The van der Waals surface area contributed by atoms with Crippen LogP contribution < -0.4 is 5.63 Å². The zero-order valence-corrected chi connectivity index (χ0v) is 12.2. The van der Waals surface area contributed by atoms with E-state index < -0.39 is 11.4 Å². The van der Waals surface area contributed by atoms with Crippen LogP contribution in [0.4, 0.5) is 4.39 Å². The second-order valence-electron chi connectivity index (χ2n) is 5.10. The number of benzene rings is 1. The number of hydrogen-bond donors (Lipinski definition) is 0. The Hall–Kier alpha value is -2.76. The first-order chi connectivity index (χ1) is 10.6. The first kappa shape index (κ1) is 14.2. The number of halogens is 1. The minimum Gasteiger partial charge on any atom is -0.404 e. The highest BCUT2D eigenvalue weighted by atomic mass is 19.1. The Labute approximate surface area is 125 Å². The van der Waals surface area contributed by atoms with Crippen LogP contribution in [0.5, 0.6) is 0 Å². The Morgan fingerprint density at radius 1 is 1.27 bits per heavy atom. The number of nitrogens with zero attached hydrogens (tertiary/aromatic N) is 3. The van der Waals surface area contributed by atoms with Gasteiger partial charge in [-0.1, -0.05) is 6.07 Å². The standard InChI is InChI=1S/C16H14FN3O2/c1-10(2)20-11(8-9-18-20)6-7-14-19-15-12(16(21)22-14)4-3-5-13(15)17/h3-10H,1-2H3/b7-6+. The lowest BCUT2D eigenvalue weighted by atomic mass is 10.2. The Kier molecular flexibility index (Phi) is 3.58. The maximum Gasteiger partial charge on any atom is 0.347 e. The van der Waals surface area contributed by atoms with Crippen molar-refractivity contribution in [2.24, 2.45) is 0 Å². The molecule has 5 nitrogen and oxygen atoms in total. The monoisotopic (exact) mass is 299 g/mol. The number of para-hydroxylation sites is 1. The van der Waals surface area contributed by atoms with E-state index in [1.165, 1.54) is 24.3 Å². The third kappa shape index (κ3) is 2.55. The van der Waals surface area contributed by atoms with Crippen LogP contribution in [0.2, 0.25) is 0 Å². The van der Waals surface area contributed by atoms with Gasteiger partial charge in [0, 0.05) is 18.3 Å². The molecular weight excluding hydrogens is 285 g/mol. The van der Waals surface area contributed by atoms with Crippen LogP contribution in [0.25, 0.3) is 23.1 Å². The Bertz CT molecular complexity index is 909. The van der Waals surface area contributed by atoms with E-state index in [4.69, 9.17) is 4.42 Å². The van der Waals surface area contributed by atoms with Gasteiger partial charge in [0.15, 0.2) is 0 Å². The number of fused-ring (bicyclic) bond motifs is 1. The molecule has 0 spiro atoms.